The van der Waals surface area contributed by atoms with E-state index in [0.717, 1.165) is 0 Å². The van der Waals surface area contributed by atoms with Gasteiger partial charge in [0.25, 0.3) is 5.91 Å². The number of aliphatic hydroxyl groups is 2. The Kier molecular flexibility index (Phi) is 5.82. The van der Waals surface area contributed by atoms with Crippen molar-refractivity contribution >= 4 is 18.1 Å². The standard InChI is InChI=1S/C17H24N4O5/c1-3-4-5-6-7-25-8-11-13(22)14(23)17(26-11)21-9-18-12-15(21)19-10(2)20-16(12)24/h3-5,9,11-15,17,22-23H,1,6-8H2,2H3,(H,19,20,24)/b5-4+/t11-,12?,13+,14?,15?,17-/m1/s1. The summed E-state index contributed by atoms with van der Waals surface area (Å²) in [4.78, 5) is 22.1. The molecule has 0 aromatic heterocycles. The minimum atomic E-state index is -1.16. The number of hydrogen-bond donors (Lipinski definition) is 3. The largest absolute Gasteiger partial charge is 0.387 e. The predicted molar refractivity (Wildman–Crippen MR) is 94.6 cm³/mol. The summed E-state index contributed by atoms with van der Waals surface area (Å²) in [7, 11) is 0. The summed E-state index contributed by atoms with van der Waals surface area (Å²) in [6.07, 6.45) is 3.24. The minimum Gasteiger partial charge on any atom is -0.387 e. The number of amidine groups is 1. The van der Waals surface area contributed by atoms with Crippen LogP contribution in [0.25, 0.3) is 0 Å². The van der Waals surface area contributed by atoms with Gasteiger partial charge in [-0.2, -0.15) is 0 Å². The van der Waals surface area contributed by atoms with Crippen LogP contribution < -0.4 is 5.32 Å². The third kappa shape index (κ3) is 3.70. The van der Waals surface area contributed by atoms with Gasteiger partial charge in [-0.25, -0.2) is 4.99 Å². The smallest absolute Gasteiger partial charge is 0.254 e. The van der Waals surface area contributed by atoms with Crippen molar-refractivity contribution in [3.8, 4) is 0 Å². The van der Waals surface area contributed by atoms with Crippen molar-refractivity contribution < 1.29 is 24.5 Å². The third-order valence-corrected chi connectivity index (χ3v) is 4.46. The topological polar surface area (TPSA) is 116 Å². The number of hydrogen-bond acceptors (Lipinski definition) is 8. The molecule has 9 heteroatoms. The molecule has 0 aliphatic carbocycles. The van der Waals surface area contributed by atoms with E-state index >= 15 is 0 Å². The normalized spacial score (nSPS) is 36.3. The first kappa shape index (κ1) is 18.7. The van der Waals surface area contributed by atoms with Gasteiger partial charge in [0.15, 0.2) is 18.4 Å². The van der Waals surface area contributed by atoms with Crippen LogP contribution in [-0.4, -0.2) is 83.2 Å². The molecule has 3 unspecified atom stereocenters. The molecule has 3 rings (SSSR count). The molecule has 6 atom stereocenters. The van der Waals surface area contributed by atoms with Gasteiger partial charge in [-0.05, 0) is 13.3 Å². The van der Waals surface area contributed by atoms with Crippen molar-refractivity contribution in [1.82, 2.24) is 10.2 Å². The van der Waals surface area contributed by atoms with Gasteiger partial charge in [-0.15, -0.1) is 0 Å². The quantitative estimate of drug-likeness (QED) is 0.401. The van der Waals surface area contributed by atoms with Gasteiger partial charge in [0.05, 0.1) is 19.6 Å². The molecule has 0 bridgehead atoms. The van der Waals surface area contributed by atoms with Crippen LogP contribution in [0.4, 0.5) is 0 Å². The molecule has 3 N–H and O–H groups in total. The van der Waals surface area contributed by atoms with Crippen molar-refractivity contribution in [3.05, 3.63) is 24.8 Å². The van der Waals surface area contributed by atoms with Gasteiger partial charge in [-0.3, -0.25) is 9.79 Å². The summed E-state index contributed by atoms with van der Waals surface area (Å²) in [6, 6.07) is -0.682. The van der Waals surface area contributed by atoms with E-state index < -0.39 is 36.7 Å². The zero-order valence-electron chi connectivity index (χ0n) is 14.6. The third-order valence-electron chi connectivity index (χ3n) is 4.46. The van der Waals surface area contributed by atoms with Gasteiger partial charge >= 0.3 is 0 Å². The van der Waals surface area contributed by atoms with E-state index in [-0.39, 0.29) is 12.5 Å². The van der Waals surface area contributed by atoms with E-state index in [4.69, 9.17) is 9.47 Å². The van der Waals surface area contributed by atoms with Crippen molar-refractivity contribution in [2.24, 2.45) is 9.98 Å². The highest BCUT2D eigenvalue weighted by Crippen LogP contribution is 2.29. The average Bonchev–Trinajstić information content (AvgIpc) is 3.14. The summed E-state index contributed by atoms with van der Waals surface area (Å²) in [6.45, 7) is 5.89. The van der Waals surface area contributed by atoms with Crippen LogP contribution >= 0.6 is 0 Å². The monoisotopic (exact) mass is 364 g/mol. The molecule has 0 saturated carbocycles. The zero-order valence-corrected chi connectivity index (χ0v) is 14.6. The molecular formula is C17H24N4O5. The molecule has 9 nitrogen and oxygen atoms in total. The van der Waals surface area contributed by atoms with Gasteiger partial charge in [0.2, 0.25) is 0 Å². The lowest BCUT2D eigenvalue weighted by Gasteiger charge is -2.33. The second-order valence-electron chi connectivity index (χ2n) is 6.35. The Labute approximate surface area is 151 Å². The summed E-state index contributed by atoms with van der Waals surface area (Å²) in [5.41, 5.74) is 0. The number of amides is 1. The van der Waals surface area contributed by atoms with Gasteiger partial charge in [0.1, 0.15) is 24.1 Å². The molecule has 0 aromatic carbocycles. The number of carbonyl (C=O) groups excluding carboxylic acids is 1. The Morgan fingerprint density at radius 3 is 3.04 bits per heavy atom. The molecule has 142 valence electrons. The zero-order chi connectivity index (χ0) is 18.7. The number of allylic oxidation sites excluding steroid dienone is 2. The Morgan fingerprint density at radius 2 is 2.27 bits per heavy atom. The molecule has 26 heavy (non-hydrogen) atoms. The lowest BCUT2D eigenvalue weighted by molar-refractivity contribution is -0.124. The molecular weight excluding hydrogens is 340 g/mol. The first-order chi connectivity index (χ1) is 12.5. The lowest BCUT2D eigenvalue weighted by atomic mass is 10.1. The van der Waals surface area contributed by atoms with Crippen molar-refractivity contribution in [1.29, 1.82) is 0 Å². The summed E-state index contributed by atoms with van der Waals surface area (Å²) in [5, 5.41) is 23.3. The van der Waals surface area contributed by atoms with Gasteiger partial charge < -0.3 is 29.9 Å². The van der Waals surface area contributed by atoms with E-state index in [2.05, 4.69) is 21.9 Å². The minimum absolute atomic E-state index is 0.151. The molecule has 1 amide bonds. The Hall–Kier alpha value is -2.07. The van der Waals surface area contributed by atoms with Crippen LogP contribution in [0.1, 0.15) is 13.3 Å². The highest BCUT2D eigenvalue weighted by molar-refractivity contribution is 6.03. The molecule has 0 aromatic rings. The highest BCUT2D eigenvalue weighted by atomic mass is 16.6. The number of carbonyl (C=O) groups is 1. The molecule has 3 heterocycles. The Bertz CT molecular complexity index is 635. The van der Waals surface area contributed by atoms with Crippen LogP contribution in [-0.2, 0) is 14.3 Å². The number of rotatable bonds is 7. The maximum Gasteiger partial charge on any atom is 0.254 e. The van der Waals surface area contributed by atoms with E-state index in [0.29, 0.717) is 18.9 Å². The van der Waals surface area contributed by atoms with E-state index in [1.54, 1.807) is 17.9 Å². The van der Waals surface area contributed by atoms with Crippen LogP contribution in [0.2, 0.25) is 0 Å². The lowest BCUT2D eigenvalue weighted by Crippen LogP contribution is -2.54. The maximum absolute atomic E-state index is 12.0. The van der Waals surface area contributed by atoms with Crippen LogP contribution in [0.5, 0.6) is 0 Å². The van der Waals surface area contributed by atoms with Gasteiger partial charge in [-0.1, -0.05) is 24.8 Å². The molecule has 0 radical (unpaired) electrons. The average molecular weight is 364 g/mol. The number of fused-ring (bicyclic) bond motifs is 1. The summed E-state index contributed by atoms with van der Waals surface area (Å²) >= 11 is 0. The fourth-order valence-electron chi connectivity index (χ4n) is 3.15. The van der Waals surface area contributed by atoms with Crippen LogP contribution in [0.3, 0.4) is 0 Å². The van der Waals surface area contributed by atoms with Crippen LogP contribution in [0, 0.1) is 0 Å². The fraction of sp³-hybridized carbons (Fsp3) is 0.588. The molecule has 3 aliphatic heterocycles. The second-order valence-corrected chi connectivity index (χ2v) is 6.35. The number of aliphatic hydroxyl groups excluding tert-OH is 2. The first-order valence-electron chi connectivity index (χ1n) is 8.56. The number of nitrogens with zero attached hydrogens (tertiary/aromatic N) is 3. The summed E-state index contributed by atoms with van der Waals surface area (Å²) < 4.78 is 11.3. The second kappa shape index (κ2) is 8.09. The van der Waals surface area contributed by atoms with Crippen molar-refractivity contribution in [3.63, 3.8) is 0 Å². The van der Waals surface area contributed by atoms with Gasteiger partial charge in [0, 0.05) is 0 Å². The molecule has 0 spiro atoms. The van der Waals surface area contributed by atoms with Crippen LogP contribution in [0.15, 0.2) is 34.8 Å². The predicted octanol–water partition coefficient (Wildman–Crippen LogP) is -0.831. The first-order valence-corrected chi connectivity index (χ1v) is 8.56. The SMILES string of the molecule is C=C/C=C/CCOC[C@H]1O[C@@H](N2C=NC3C(=O)NC(C)=NC32)C(O)[C@H]1O. The Morgan fingerprint density at radius 1 is 1.46 bits per heavy atom. The van der Waals surface area contributed by atoms with Crippen molar-refractivity contribution in [2.45, 2.75) is 50.1 Å². The van der Waals surface area contributed by atoms with E-state index in [1.807, 2.05) is 12.2 Å². The molecule has 1 saturated heterocycles. The number of ether oxygens (including phenoxy) is 2. The summed E-state index contributed by atoms with van der Waals surface area (Å²) in [5.74, 6) is 0.231. The Balaban J connectivity index is 1.58. The fourth-order valence-corrected chi connectivity index (χ4v) is 3.15. The number of nitrogens with one attached hydrogen (secondary N) is 1. The number of aliphatic imine (C=N–C) groups is 2. The van der Waals surface area contributed by atoms with E-state index in [9.17, 15) is 15.0 Å². The maximum atomic E-state index is 12.0. The highest BCUT2D eigenvalue weighted by Gasteiger charge is 2.50. The molecule has 1 fully saturated rings. The van der Waals surface area contributed by atoms with E-state index in [1.165, 1.54) is 6.34 Å². The molecule has 3 aliphatic rings. The van der Waals surface area contributed by atoms with Crippen molar-refractivity contribution in [2.75, 3.05) is 13.2 Å².